The van der Waals surface area contributed by atoms with Crippen LogP contribution in [0.1, 0.15) is 33.1 Å². The SMILES string of the molecule is CC[n+]1ccsc1N=Nc1ccc(N(C)CCCCCN(C)c2ccc(N=Nc3scc[n+]3CC)cc2)cc1.[Cl-].[Cl-]. The molecule has 4 rings (SSSR count). The Morgan fingerprint density at radius 2 is 0.976 bits per heavy atom. The number of benzene rings is 2. The third-order valence-corrected chi connectivity index (χ3v) is 8.14. The van der Waals surface area contributed by atoms with E-state index in [1.165, 1.54) is 17.8 Å². The van der Waals surface area contributed by atoms with Crippen molar-refractivity contribution in [2.45, 2.75) is 46.2 Å². The molecule has 0 unspecified atom stereocenters. The van der Waals surface area contributed by atoms with Crippen molar-refractivity contribution in [3.8, 4) is 0 Å². The average Bonchev–Trinajstić information content (AvgIpc) is 3.64. The second-order valence-electron chi connectivity index (χ2n) is 9.28. The number of aromatic nitrogens is 2. The Kier molecular flexibility index (Phi) is 14.9. The molecular weight excluding hydrogens is 595 g/mol. The molecule has 12 heteroatoms. The van der Waals surface area contributed by atoms with Gasteiger partial charge in [-0.25, -0.2) is 9.13 Å². The molecule has 0 spiro atoms. The predicted octanol–water partition coefficient (Wildman–Crippen LogP) is 2.01. The molecule has 0 saturated carbocycles. The number of hydrogen-bond donors (Lipinski definition) is 0. The molecule has 0 fully saturated rings. The van der Waals surface area contributed by atoms with E-state index in [2.05, 4.69) is 91.6 Å². The van der Waals surface area contributed by atoms with Crippen molar-refractivity contribution in [1.29, 1.82) is 0 Å². The van der Waals surface area contributed by atoms with Crippen LogP contribution in [0.15, 0.2) is 92.1 Å². The van der Waals surface area contributed by atoms with Gasteiger partial charge in [0, 0.05) is 49.3 Å². The van der Waals surface area contributed by atoms with Crippen molar-refractivity contribution in [2.75, 3.05) is 37.0 Å². The average molecular weight is 634 g/mol. The van der Waals surface area contributed by atoms with Crippen molar-refractivity contribution in [1.82, 2.24) is 0 Å². The van der Waals surface area contributed by atoms with Gasteiger partial charge in [0.1, 0.15) is 23.8 Å². The molecule has 0 radical (unpaired) electrons. The molecule has 0 bridgehead atoms. The van der Waals surface area contributed by atoms with Crippen molar-refractivity contribution < 1.29 is 33.9 Å². The lowest BCUT2D eigenvalue weighted by molar-refractivity contribution is -0.677. The monoisotopic (exact) mass is 632 g/mol. The summed E-state index contributed by atoms with van der Waals surface area (Å²) < 4.78 is 4.18. The predicted molar refractivity (Wildman–Crippen MR) is 162 cm³/mol. The standard InChI is InChI=1S/C29H38N8S2.2ClH/c1-5-36-20-22-38-28(36)32-30-24-10-14-26(15-11-24)34(3)18-8-7-9-19-35(4)27-16-12-25(13-17-27)31-33-29-37(6-2)21-23-39-29;;/h10-17,20-23H,5-9,18-19H2,1-4H3;2*1H/q+2;;/p-2. The van der Waals surface area contributed by atoms with Crippen LogP contribution in [0.25, 0.3) is 0 Å². The van der Waals surface area contributed by atoms with Crippen LogP contribution in [0.2, 0.25) is 0 Å². The van der Waals surface area contributed by atoms with Crippen LogP contribution in [0.4, 0.5) is 33.0 Å². The van der Waals surface area contributed by atoms with Gasteiger partial charge in [-0.3, -0.25) is 0 Å². The Labute approximate surface area is 263 Å². The fourth-order valence-electron chi connectivity index (χ4n) is 4.12. The maximum absolute atomic E-state index is 4.40. The van der Waals surface area contributed by atoms with E-state index in [1.54, 1.807) is 22.7 Å². The highest BCUT2D eigenvalue weighted by Crippen LogP contribution is 2.24. The van der Waals surface area contributed by atoms with E-state index >= 15 is 0 Å². The third-order valence-electron chi connectivity index (χ3n) is 6.57. The molecule has 0 aliphatic carbocycles. The first kappa shape index (κ1) is 34.3. The lowest BCUT2D eigenvalue weighted by Crippen LogP contribution is -3.00. The second kappa shape index (κ2) is 17.8. The maximum Gasteiger partial charge on any atom is 0.408 e. The van der Waals surface area contributed by atoms with Gasteiger partial charge in [0.15, 0.2) is 0 Å². The highest BCUT2D eigenvalue weighted by molar-refractivity contribution is 7.13. The zero-order valence-electron chi connectivity index (χ0n) is 24.0. The summed E-state index contributed by atoms with van der Waals surface area (Å²) in [5.74, 6) is 0. The van der Waals surface area contributed by atoms with Gasteiger partial charge in [0.25, 0.3) is 0 Å². The van der Waals surface area contributed by atoms with Crippen LogP contribution in [-0.2, 0) is 13.1 Å². The summed E-state index contributed by atoms with van der Waals surface area (Å²) >= 11 is 3.20. The summed E-state index contributed by atoms with van der Waals surface area (Å²) in [6, 6.07) is 16.6. The number of rotatable bonds is 14. The number of unbranched alkanes of at least 4 members (excludes halogenated alkanes) is 2. The molecular formula is C29H38Cl2N8S2. The maximum atomic E-state index is 4.40. The largest absolute Gasteiger partial charge is 1.00 e. The van der Waals surface area contributed by atoms with Crippen LogP contribution in [0, 0.1) is 0 Å². The van der Waals surface area contributed by atoms with E-state index in [1.807, 2.05) is 47.4 Å². The Balaban J connectivity index is 0.00000294. The Hall–Kier alpha value is -2.92. The van der Waals surface area contributed by atoms with Crippen molar-refractivity contribution in [2.24, 2.45) is 20.5 Å². The molecule has 0 N–H and O–H groups in total. The van der Waals surface area contributed by atoms with Crippen LogP contribution >= 0.6 is 22.7 Å². The first-order valence-corrected chi connectivity index (χ1v) is 15.2. The molecule has 0 amide bonds. The summed E-state index contributed by atoms with van der Waals surface area (Å²) in [6.07, 6.45) is 7.57. The van der Waals surface area contributed by atoms with Crippen LogP contribution in [-0.4, -0.2) is 27.2 Å². The lowest BCUT2D eigenvalue weighted by Gasteiger charge is -2.21. The van der Waals surface area contributed by atoms with Gasteiger partial charge >= 0.3 is 10.3 Å². The van der Waals surface area contributed by atoms with Gasteiger partial charge in [-0.2, -0.15) is 0 Å². The molecule has 4 aromatic rings. The smallest absolute Gasteiger partial charge is 0.408 e. The van der Waals surface area contributed by atoms with Crippen molar-refractivity contribution >= 4 is 55.7 Å². The van der Waals surface area contributed by atoms with E-state index in [0.717, 1.165) is 60.7 Å². The summed E-state index contributed by atoms with van der Waals surface area (Å²) in [7, 11) is 4.30. The number of aryl methyl sites for hydroxylation is 2. The molecule has 220 valence electrons. The first-order chi connectivity index (χ1) is 19.1. The van der Waals surface area contributed by atoms with Crippen LogP contribution in [0.3, 0.4) is 0 Å². The minimum atomic E-state index is 0. The first-order valence-electron chi connectivity index (χ1n) is 13.5. The molecule has 8 nitrogen and oxygen atoms in total. The second-order valence-corrected chi connectivity index (χ2v) is 11.0. The van der Waals surface area contributed by atoms with Gasteiger partial charge in [-0.1, -0.05) is 0 Å². The van der Waals surface area contributed by atoms with Crippen molar-refractivity contribution in [3.63, 3.8) is 0 Å². The fourth-order valence-corrected chi connectivity index (χ4v) is 5.60. The van der Waals surface area contributed by atoms with E-state index < -0.39 is 0 Å². The van der Waals surface area contributed by atoms with Gasteiger partial charge in [-0.05, 0) is 115 Å². The molecule has 0 aliphatic heterocycles. The number of anilines is 2. The molecule has 0 saturated heterocycles. The summed E-state index contributed by atoms with van der Waals surface area (Å²) in [4.78, 5) is 4.61. The summed E-state index contributed by atoms with van der Waals surface area (Å²) in [5, 5.41) is 23.5. The van der Waals surface area contributed by atoms with E-state index in [-0.39, 0.29) is 24.8 Å². The molecule has 0 atom stereocenters. The Bertz CT molecular complexity index is 1250. The van der Waals surface area contributed by atoms with E-state index in [0.29, 0.717) is 0 Å². The van der Waals surface area contributed by atoms with Gasteiger partial charge in [-0.15, -0.1) is 0 Å². The minimum Gasteiger partial charge on any atom is -1.00 e. The number of hydrogen-bond acceptors (Lipinski definition) is 8. The van der Waals surface area contributed by atoms with E-state index in [4.69, 9.17) is 0 Å². The summed E-state index contributed by atoms with van der Waals surface area (Å²) in [5.41, 5.74) is 4.14. The molecule has 41 heavy (non-hydrogen) atoms. The van der Waals surface area contributed by atoms with Gasteiger partial charge in [0.2, 0.25) is 0 Å². The molecule has 2 aromatic heterocycles. The molecule has 0 aliphatic rings. The van der Waals surface area contributed by atoms with E-state index in [9.17, 15) is 0 Å². The number of thiazole rings is 2. The number of halogens is 2. The topological polar surface area (TPSA) is 63.7 Å². The molecule has 2 aromatic carbocycles. The highest BCUT2D eigenvalue weighted by Gasteiger charge is 2.11. The van der Waals surface area contributed by atoms with Gasteiger partial charge in [0.05, 0.1) is 23.3 Å². The van der Waals surface area contributed by atoms with Gasteiger partial charge < -0.3 is 34.6 Å². The minimum absolute atomic E-state index is 0. The van der Waals surface area contributed by atoms with Crippen LogP contribution < -0.4 is 43.7 Å². The normalized spacial score (nSPS) is 11.0. The Morgan fingerprint density at radius 1 is 0.585 bits per heavy atom. The highest BCUT2D eigenvalue weighted by atomic mass is 35.5. The zero-order chi connectivity index (χ0) is 27.5. The van der Waals surface area contributed by atoms with Crippen LogP contribution in [0.5, 0.6) is 0 Å². The zero-order valence-corrected chi connectivity index (χ0v) is 27.2. The number of nitrogens with zero attached hydrogens (tertiary/aromatic N) is 8. The third kappa shape index (κ3) is 10.1. The fraction of sp³-hybridized carbons (Fsp3) is 0.379. The Morgan fingerprint density at radius 3 is 1.34 bits per heavy atom. The molecule has 2 heterocycles. The summed E-state index contributed by atoms with van der Waals surface area (Å²) in [6.45, 7) is 8.06. The number of azo groups is 2. The lowest BCUT2D eigenvalue weighted by atomic mass is 10.2. The quantitative estimate of drug-likeness (QED) is 0.121. The van der Waals surface area contributed by atoms with Crippen molar-refractivity contribution in [3.05, 3.63) is 71.7 Å².